The summed E-state index contributed by atoms with van der Waals surface area (Å²) in [4.78, 5) is 14.2. The van der Waals surface area contributed by atoms with Gasteiger partial charge in [-0.1, -0.05) is 28.1 Å². The minimum absolute atomic E-state index is 0.123. The first kappa shape index (κ1) is 14.0. The van der Waals surface area contributed by atoms with Crippen LogP contribution in [0, 0.1) is 25.2 Å². The molecule has 2 nitrogen and oxygen atoms in total. The van der Waals surface area contributed by atoms with Crippen molar-refractivity contribution in [2.75, 3.05) is 0 Å². The summed E-state index contributed by atoms with van der Waals surface area (Å²) in [5.74, 6) is -0.864. The third-order valence-electron chi connectivity index (χ3n) is 2.98. The Morgan fingerprint density at radius 1 is 1.37 bits per heavy atom. The molecule has 4 heteroatoms. The number of rotatable bonds is 3. The van der Waals surface area contributed by atoms with E-state index in [-0.39, 0.29) is 5.78 Å². The molecule has 0 saturated heterocycles. The largest absolute Gasteiger partial charge is 0.291 e. The van der Waals surface area contributed by atoms with Gasteiger partial charge in [-0.25, -0.2) is 0 Å². The maximum atomic E-state index is 12.4. The van der Waals surface area contributed by atoms with Crippen molar-refractivity contribution in [2.45, 2.75) is 19.8 Å². The van der Waals surface area contributed by atoms with Gasteiger partial charge in [0, 0.05) is 9.35 Å². The highest BCUT2D eigenvalue weighted by Crippen LogP contribution is 2.28. The highest BCUT2D eigenvalue weighted by molar-refractivity contribution is 9.10. The molecule has 0 amide bonds. The number of Topliss-reactive ketones (excluding diaryl/α,β-unsaturated/α-hetero) is 1. The van der Waals surface area contributed by atoms with E-state index in [9.17, 15) is 10.1 Å². The predicted molar refractivity (Wildman–Crippen MR) is 80.6 cm³/mol. The van der Waals surface area contributed by atoms with E-state index < -0.39 is 5.92 Å². The molecule has 2 rings (SSSR count). The fourth-order valence-electron chi connectivity index (χ4n) is 1.81. The van der Waals surface area contributed by atoms with Gasteiger partial charge in [0.15, 0.2) is 5.78 Å². The number of aryl methyl sites for hydroxylation is 2. The molecule has 1 heterocycles. The molecule has 96 valence electrons. The van der Waals surface area contributed by atoms with Crippen LogP contribution in [0.1, 0.15) is 31.6 Å². The summed E-state index contributed by atoms with van der Waals surface area (Å²) < 4.78 is 0.872. The monoisotopic (exact) mass is 333 g/mol. The number of ketones is 1. The normalized spacial score (nSPS) is 11.9. The predicted octanol–water partition coefficient (Wildman–Crippen LogP) is 4.62. The summed E-state index contributed by atoms with van der Waals surface area (Å²) in [6.45, 7) is 3.96. The molecule has 1 atom stereocenters. The van der Waals surface area contributed by atoms with Gasteiger partial charge in [-0.15, -0.1) is 11.3 Å². The van der Waals surface area contributed by atoms with Crippen molar-refractivity contribution in [3.05, 3.63) is 55.7 Å². The van der Waals surface area contributed by atoms with Gasteiger partial charge >= 0.3 is 0 Å². The lowest BCUT2D eigenvalue weighted by atomic mass is 9.95. The fraction of sp³-hybridized carbons (Fsp3) is 0.200. The van der Waals surface area contributed by atoms with E-state index in [4.69, 9.17) is 0 Å². The number of carbonyl (C=O) groups is 1. The minimum atomic E-state index is -0.741. The Hall–Kier alpha value is -1.44. The molecular formula is C15H12BrNOS. The van der Waals surface area contributed by atoms with Crippen LogP contribution in [0.25, 0.3) is 0 Å². The van der Waals surface area contributed by atoms with Crippen molar-refractivity contribution in [2.24, 2.45) is 0 Å². The average molecular weight is 334 g/mol. The number of nitrogens with zero attached hydrogens (tertiary/aromatic N) is 1. The smallest absolute Gasteiger partial charge is 0.194 e. The van der Waals surface area contributed by atoms with Gasteiger partial charge in [-0.2, -0.15) is 5.26 Å². The lowest BCUT2D eigenvalue weighted by Gasteiger charge is -2.07. The summed E-state index contributed by atoms with van der Waals surface area (Å²) >= 11 is 4.82. The molecular weight excluding hydrogens is 322 g/mol. The standard InChI is InChI=1S/C15H12BrNOS/c1-9-6-14(19-10(9)2)15(18)13(8-17)11-4-3-5-12(16)7-11/h3-7,13H,1-2H3. The summed E-state index contributed by atoms with van der Waals surface area (Å²) in [7, 11) is 0. The molecule has 0 fully saturated rings. The first-order valence-corrected chi connectivity index (χ1v) is 7.40. The van der Waals surface area contributed by atoms with Crippen molar-refractivity contribution >= 4 is 33.0 Å². The first-order chi connectivity index (χ1) is 9.02. The van der Waals surface area contributed by atoms with Crippen LogP contribution in [0.3, 0.4) is 0 Å². The van der Waals surface area contributed by atoms with E-state index in [0.717, 1.165) is 20.5 Å². The molecule has 1 aromatic carbocycles. The molecule has 19 heavy (non-hydrogen) atoms. The van der Waals surface area contributed by atoms with Crippen molar-refractivity contribution < 1.29 is 4.79 Å². The van der Waals surface area contributed by atoms with Gasteiger partial charge in [-0.05, 0) is 43.2 Å². The Balaban J connectivity index is 2.38. The van der Waals surface area contributed by atoms with Crippen LogP contribution < -0.4 is 0 Å². The maximum absolute atomic E-state index is 12.4. The van der Waals surface area contributed by atoms with E-state index in [1.165, 1.54) is 11.3 Å². The fourth-order valence-corrected chi connectivity index (χ4v) is 3.23. The number of thiophene rings is 1. The van der Waals surface area contributed by atoms with Gasteiger partial charge in [0.05, 0.1) is 10.9 Å². The van der Waals surface area contributed by atoms with Gasteiger partial charge in [-0.3, -0.25) is 4.79 Å². The van der Waals surface area contributed by atoms with Gasteiger partial charge in [0.1, 0.15) is 5.92 Å². The molecule has 0 aliphatic carbocycles. The van der Waals surface area contributed by atoms with Gasteiger partial charge in [0.2, 0.25) is 0 Å². The Kier molecular flexibility index (Phi) is 4.18. The quantitative estimate of drug-likeness (QED) is 0.769. The Morgan fingerprint density at radius 3 is 2.63 bits per heavy atom. The first-order valence-electron chi connectivity index (χ1n) is 5.79. The highest BCUT2D eigenvalue weighted by atomic mass is 79.9. The molecule has 1 unspecified atom stereocenters. The number of hydrogen-bond donors (Lipinski definition) is 0. The summed E-state index contributed by atoms with van der Waals surface area (Å²) in [5, 5.41) is 9.30. The summed E-state index contributed by atoms with van der Waals surface area (Å²) in [6, 6.07) is 11.3. The zero-order chi connectivity index (χ0) is 14.0. The second-order valence-corrected chi connectivity index (χ2v) is 6.50. The van der Waals surface area contributed by atoms with E-state index >= 15 is 0 Å². The lowest BCUT2D eigenvalue weighted by molar-refractivity contribution is 0.0982. The SMILES string of the molecule is Cc1cc(C(=O)C(C#N)c2cccc(Br)c2)sc1C. The molecule has 0 bridgehead atoms. The summed E-state index contributed by atoms with van der Waals surface area (Å²) in [6.07, 6.45) is 0. The molecule has 0 aliphatic rings. The molecule has 0 N–H and O–H groups in total. The van der Waals surface area contributed by atoms with E-state index in [0.29, 0.717) is 4.88 Å². The second-order valence-electron chi connectivity index (χ2n) is 4.33. The van der Waals surface area contributed by atoms with Crippen LogP contribution in [-0.4, -0.2) is 5.78 Å². The third-order valence-corrected chi connectivity index (χ3v) is 4.64. The molecule has 0 saturated carbocycles. The number of benzene rings is 1. The van der Waals surface area contributed by atoms with E-state index in [1.54, 1.807) is 0 Å². The van der Waals surface area contributed by atoms with Crippen LogP contribution in [0.5, 0.6) is 0 Å². The number of carbonyl (C=O) groups excluding carboxylic acids is 1. The molecule has 0 aliphatic heterocycles. The highest BCUT2D eigenvalue weighted by Gasteiger charge is 2.23. The number of halogens is 1. The summed E-state index contributed by atoms with van der Waals surface area (Å²) in [5.41, 5.74) is 1.82. The van der Waals surface area contributed by atoms with Crippen molar-refractivity contribution in [3.8, 4) is 6.07 Å². The Bertz CT molecular complexity index is 650. The molecule has 0 radical (unpaired) electrons. The minimum Gasteiger partial charge on any atom is -0.291 e. The number of hydrogen-bond acceptors (Lipinski definition) is 3. The van der Waals surface area contributed by atoms with Gasteiger partial charge in [0.25, 0.3) is 0 Å². The zero-order valence-corrected chi connectivity index (χ0v) is 13.0. The average Bonchev–Trinajstić information content (AvgIpc) is 2.70. The van der Waals surface area contributed by atoms with Crippen LogP contribution in [0.2, 0.25) is 0 Å². The van der Waals surface area contributed by atoms with Gasteiger partial charge < -0.3 is 0 Å². The molecule has 2 aromatic rings. The topological polar surface area (TPSA) is 40.9 Å². The van der Waals surface area contributed by atoms with Crippen molar-refractivity contribution in [1.82, 2.24) is 0 Å². The van der Waals surface area contributed by atoms with Crippen LogP contribution in [0.15, 0.2) is 34.8 Å². The number of nitriles is 1. The Morgan fingerprint density at radius 2 is 2.11 bits per heavy atom. The second kappa shape index (κ2) is 5.68. The maximum Gasteiger partial charge on any atom is 0.194 e. The molecule has 1 aromatic heterocycles. The lowest BCUT2D eigenvalue weighted by Crippen LogP contribution is -2.09. The molecule has 0 spiro atoms. The van der Waals surface area contributed by atoms with Crippen molar-refractivity contribution in [3.63, 3.8) is 0 Å². The van der Waals surface area contributed by atoms with Crippen LogP contribution in [0.4, 0.5) is 0 Å². The zero-order valence-electron chi connectivity index (χ0n) is 10.6. The van der Waals surface area contributed by atoms with E-state index in [1.807, 2.05) is 44.2 Å². The van der Waals surface area contributed by atoms with E-state index in [2.05, 4.69) is 22.0 Å². The van der Waals surface area contributed by atoms with Crippen molar-refractivity contribution in [1.29, 1.82) is 5.26 Å². The third kappa shape index (κ3) is 2.94. The van der Waals surface area contributed by atoms with Crippen LogP contribution >= 0.6 is 27.3 Å². The Labute approximate surface area is 124 Å². The van der Waals surface area contributed by atoms with Crippen LogP contribution in [-0.2, 0) is 0 Å².